The average Bonchev–Trinajstić information content (AvgIpc) is 2.88. The SMILES string of the molecule is CCNCc1cccc(F)c1SCC1CCCC1. The molecule has 1 N–H and O–H groups in total. The number of rotatable bonds is 6. The van der Waals surface area contributed by atoms with Crippen LogP contribution in [0.4, 0.5) is 4.39 Å². The van der Waals surface area contributed by atoms with Crippen molar-refractivity contribution < 1.29 is 4.39 Å². The predicted molar refractivity (Wildman–Crippen MR) is 76.5 cm³/mol. The van der Waals surface area contributed by atoms with E-state index in [2.05, 4.69) is 12.2 Å². The molecule has 0 heterocycles. The third kappa shape index (κ3) is 3.72. The maximum absolute atomic E-state index is 13.9. The fourth-order valence-electron chi connectivity index (χ4n) is 2.49. The molecule has 1 aromatic rings. The number of thioether (sulfide) groups is 1. The molecule has 0 atom stereocenters. The molecule has 0 unspecified atom stereocenters. The second-order valence-corrected chi connectivity index (χ2v) is 6.00. The molecule has 1 fully saturated rings. The lowest BCUT2D eigenvalue weighted by molar-refractivity contribution is 0.588. The molecule has 0 spiro atoms. The van der Waals surface area contributed by atoms with Gasteiger partial charge in [0.2, 0.25) is 0 Å². The van der Waals surface area contributed by atoms with E-state index in [0.29, 0.717) is 0 Å². The van der Waals surface area contributed by atoms with Crippen LogP contribution in [0.25, 0.3) is 0 Å². The van der Waals surface area contributed by atoms with Crippen molar-refractivity contribution in [2.24, 2.45) is 5.92 Å². The molecule has 18 heavy (non-hydrogen) atoms. The summed E-state index contributed by atoms with van der Waals surface area (Å²) in [6, 6.07) is 5.41. The van der Waals surface area contributed by atoms with E-state index in [4.69, 9.17) is 0 Å². The maximum atomic E-state index is 13.9. The van der Waals surface area contributed by atoms with Gasteiger partial charge in [-0.15, -0.1) is 11.8 Å². The van der Waals surface area contributed by atoms with E-state index in [9.17, 15) is 4.39 Å². The monoisotopic (exact) mass is 267 g/mol. The quantitative estimate of drug-likeness (QED) is 0.775. The van der Waals surface area contributed by atoms with Crippen molar-refractivity contribution in [3.63, 3.8) is 0 Å². The Hall–Kier alpha value is -0.540. The topological polar surface area (TPSA) is 12.0 Å². The smallest absolute Gasteiger partial charge is 0.137 e. The van der Waals surface area contributed by atoms with Crippen molar-refractivity contribution in [3.8, 4) is 0 Å². The zero-order valence-corrected chi connectivity index (χ0v) is 11.9. The van der Waals surface area contributed by atoms with Crippen molar-refractivity contribution in [2.45, 2.75) is 44.0 Å². The normalized spacial score (nSPS) is 16.3. The summed E-state index contributed by atoms with van der Waals surface area (Å²) in [5, 5.41) is 3.28. The largest absolute Gasteiger partial charge is 0.313 e. The van der Waals surface area contributed by atoms with Crippen LogP contribution in [0, 0.1) is 11.7 Å². The third-order valence-electron chi connectivity index (χ3n) is 3.55. The summed E-state index contributed by atoms with van der Waals surface area (Å²) >= 11 is 1.71. The van der Waals surface area contributed by atoms with Gasteiger partial charge in [0.1, 0.15) is 5.82 Å². The molecule has 100 valence electrons. The third-order valence-corrected chi connectivity index (χ3v) is 4.94. The zero-order valence-electron chi connectivity index (χ0n) is 11.0. The first kappa shape index (κ1) is 13.9. The summed E-state index contributed by atoms with van der Waals surface area (Å²) in [5.74, 6) is 1.80. The predicted octanol–water partition coefficient (Wildman–Crippen LogP) is 4.22. The molecule has 1 aliphatic carbocycles. The van der Waals surface area contributed by atoms with Gasteiger partial charge >= 0.3 is 0 Å². The van der Waals surface area contributed by atoms with Crippen LogP contribution < -0.4 is 5.32 Å². The first-order valence-electron chi connectivity index (χ1n) is 6.92. The molecule has 0 amide bonds. The second-order valence-electron chi connectivity index (χ2n) is 4.97. The lowest BCUT2D eigenvalue weighted by Crippen LogP contribution is -2.13. The zero-order chi connectivity index (χ0) is 12.8. The fraction of sp³-hybridized carbons (Fsp3) is 0.600. The van der Waals surface area contributed by atoms with Crippen LogP contribution in [0.15, 0.2) is 23.1 Å². The molecule has 0 aliphatic heterocycles. The highest BCUT2D eigenvalue weighted by Crippen LogP contribution is 2.33. The van der Waals surface area contributed by atoms with E-state index in [1.807, 2.05) is 12.1 Å². The molecule has 3 heteroatoms. The first-order valence-corrected chi connectivity index (χ1v) is 7.90. The van der Waals surface area contributed by atoms with E-state index in [-0.39, 0.29) is 5.82 Å². The molecule has 1 aromatic carbocycles. The minimum atomic E-state index is -0.0617. The van der Waals surface area contributed by atoms with Gasteiger partial charge < -0.3 is 5.32 Å². The molecule has 0 bridgehead atoms. The fourth-order valence-corrected chi connectivity index (χ4v) is 3.76. The summed E-state index contributed by atoms with van der Waals surface area (Å²) in [5.41, 5.74) is 1.10. The van der Waals surface area contributed by atoms with Gasteiger partial charge in [0, 0.05) is 17.2 Å². The average molecular weight is 267 g/mol. The van der Waals surface area contributed by atoms with Gasteiger partial charge in [-0.1, -0.05) is 31.9 Å². The highest BCUT2D eigenvalue weighted by Gasteiger charge is 2.17. The van der Waals surface area contributed by atoms with Crippen LogP contribution in [0.2, 0.25) is 0 Å². The summed E-state index contributed by atoms with van der Waals surface area (Å²) < 4.78 is 13.9. The summed E-state index contributed by atoms with van der Waals surface area (Å²) in [7, 11) is 0. The highest BCUT2D eigenvalue weighted by atomic mass is 32.2. The summed E-state index contributed by atoms with van der Waals surface area (Å²) in [6.45, 7) is 3.76. The molecule has 1 nitrogen and oxygen atoms in total. The maximum Gasteiger partial charge on any atom is 0.137 e. The lowest BCUT2D eigenvalue weighted by atomic mass is 10.1. The van der Waals surface area contributed by atoms with Gasteiger partial charge in [-0.3, -0.25) is 0 Å². The molecule has 0 saturated heterocycles. The number of hydrogen-bond donors (Lipinski definition) is 1. The molecular formula is C15H22FNS. The van der Waals surface area contributed by atoms with Gasteiger partial charge in [0.25, 0.3) is 0 Å². The number of nitrogens with one attached hydrogen (secondary N) is 1. The van der Waals surface area contributed by atoms with Crippen LogP contribution >= 0.6 is 11.8 Å². The van der Waals surface area contributed by atoms with Crippen molar-refractivity contribution in [3.05, 3.63) is 29.6 Å². The van der Waals surface area contributed by atoms with Crippen LogP contribution in [-0.2, 0) is 6.54 Å². The van der Waals surface area contributed by atoms with Gasteiger partial charge in [-0.25, -0.2) is 4.39 Å². The lowest BCUT2D eigenvalue weighted by Gasteiger charge is -2.13. The van der Waals surface area contributed by atoms with Crippen LogP contribution in [0.1, 0.15) is 38.2 Å². The number of halogens is 1. The van der Waals surface area contributed by atoms with Gasteiger partial charge in [-0.2, -0.15) is 0 Å². The van der Waals surface area contributed by atoms with Crippen LogP contribution in [0.3, 0.4) is 0 Å². The Balaban J connectivity index is 1.99. The first-order chi connectivity index (χ1) is 8.81. The summed E-state index contributed by atoms with van der Waals surface area (Å²) in [4.78, 5) is 0.852. The Labute approximate surface area is 114 Å². The van der Waals surface area contributed by atoms with E-state index in [1.54, 1.807) is 17.8 Å². The minimum Gasteiger partial charge on any atom is -0.313 e. The Kier molecular flexibility index (Phi) is 5.51. The van der Waals surface area contributed by atoms with Gasteiger partial charge in [-0.05, 0) is 36.9 Å². The van der Waals surface area contributed by atoms with Crippen molar-refractivity contribution in [1.82, 2.24) is 5.32 Å². The highest BCUT2D eigenvalue weighted by molar-refractivity contribution is 7.99. The van der Waals surface area contributed by atoms with E-state index >= 15 is 0 Å². The Morgan fingerprint density at radius 1 is 1.33 bits per heavy atom. The number of benzene rings is 1. The minimum absolute atomic E-state index is 0.0617. The summed E-state index contributed by atoms with van der Waals surface area (Å²) in [6.07, 6.45) is 5.35. The van der Waals surface area contributed by atoms with Gasteiger partial charge in [0.15, 0.2) is 0 Å². The second kappa shape index (κ2) is 7.15. The Morgan fingerprint density at radius 3 is 2.83 bits per heavy atom. The molecule has 0 radical (unpaired) electrons. The van der Waals surface area contributed by atoms with Crippen LogP contribution in [-0.4, -0.2) is 12.3 Å². The van der Waals surface area contributed by atoms with E-state index in [1.165, 1.54) is 25.7 Å². The molecule has 2 rings (SSSR count). The molecular weight excluding hydrogens is 245 g/mol. The van der Waals surface area contributed by atoms with Gasteiger partial charge in [0.05, 0.1) is 0 Å². The van der Waals surface area contributed by atoms with E-state index < -0.39 is 0 Å². The number of hydrogen-bond acceptors (Lipinski definition) is 2. The van der Waals surface area contributed by atoms with Crippen LogP contribution in [0.5, 0.6) is 0 Å². The van der Waals surface area contributed by atoms with Crippen molar-refractivity contribution in [1.29, 1.82) is 0 Å². The van der Waals surface area contributed by atoms with Crippen molar-refractivity contribution in [2.75, 3.05) is 12.3 Å². The van der Waals surface area contributed by atoms with E-state index in [0.717, 1.165) is 35.2 Å². The molecule has 1 saturated carbocycles. The molecule has 0 aromatic heterocycles. The molecule has 1 aliphatic rings. The Bertz CT molecular complexity index is 375. The Morgan fingerprint density at radius 2 is 2.11 bits per heavy atom. The van der Waals surface area contributed by atoms with Crippen molar-refractivity contribution >= 4 is 11.8 Å². The standard InChI is InChI=1S/C15H22FNS/c1-2-17-10-13-8-5-9-14(16)15(13)18-11-12-6-3-4-7-12/h5,8-9,12,17H,2-4,6-7,10-11H2,1H3.